The van der Waals surface area contributed by atoms with Gasteiger partial charge in [-0.1, -0.05) is 0 Å². The Balaban J connectivity index is 2.50. The first-order chi connectivity index (χ1) is 8.26. The van der Waals surface area contributed by atoms with Crippen LogP contribution in [-0.2, 0) is 0 Å². The third-order valence-electron chi connectivity index (χ3n) is 2.20. The van der Waals surface area contributed by atoms with Crippen LogP contribution >= 0.6 is 11.3 Å². The van der Waals surface area contributed by atoms with Crippen LogP contribution in [0.25, 0.3) is 16.3 Å². The molecule has 0 bridgehead atoms. The number of benzene rings is 1. The molecule has 1 N–H and O–H groups in total. The van der Waals surface area contributed by atoms with Gasteiger partial charge in [-0.15, -0.1) is 11.3 Å². The van der Waals surface area contributed by atoms with Crippen LogP contribution in [0.3, 0.4) is 0 Å². The average Bonchev–Trinajstić information content (AvgIpc) is 2.76. The Labute approximate surface area is 102 Å². The lowest BCUT2D eigenvalue weighted by atomic mass is 10.3. The molecule has 2 aromatic rings. The van der Waals surface area contributed by atoms with Crippen molar-refractivity contribution in [2.75, 3.05) is 12.4 Å². The summed E-state index contributed by atoms with van der Waals surface area (Å²) >= 11 is 1.46. The molecule has 0 saturated carbocycles. The summed E-state index contributed by atoms with van der Waals surface area (Å²) in [5, 5.41) is 21.1. The summed E-state index contributed by atoms with van der Waals surface area (Å²) in [6.07, 6.45) is 1.50. The summed E-state index contributed by atoms with van der Waals surface area (Å²) in [7, 11) is 1.85. The van der Waals surface area contributed by atoms with Crippen molar-refractivity contribution in [3.05, 3.63) is 28.8 Å². The van der Waals surface area contributed by atoms with E-state index in [2.05, 4.69) is 10.3 Å². The normalized spacial score (nSPS) is 9.35. The van der Waals surface area contributed by atoms with Crippen LogP contribution < -0.4 is 5.32 Å². The van der Waals surface area contributed by atoms with Gasteiger partial charge in [0.1, 0.15) is 22.7 Å². The summed E-state index contributed by atoms with van der Waals surface area (Å²) in [6.45, 7) is 0. The predicted octanol–water partition coefficient (Wildman–Crippen LogP) is 2.77. The van der Waals surface area contributed by atoms with Gasteiger partial charge in [-0.3, -0.25) is 0 Å². The second-order valence-corrected chi connectivity index (χ2v) is 4.33. The molecule has 1 aromatic carbocycles. The van der Waals surface area contributed by atoms with Crippen molar-refractivity contribution >= 4 is 33.3 Å². The highest BCUT2D eigenvalue weighted by Crippen LogP contribution is 2.26. The van der Waals surface area contributed by atoms with Crippen molar-refractivity contribution in [1.82, 2.24) is 4.98 Å². The summed E-state index contributed by atoms with van der Waals surface area (Å²) in [4.78, 5) is 4.34. The molecular formula is C12H8N4S. The lowest BCUT2D eigenvalue weighted by Gasteiger charge is -1.96. The number of hydrogen-bond donors (Lipinski definition) is 1. The molecule has 2 rings (SSSR count). The van der Waals surface area contributed by atoms with Gasteiger partial charge in [0.25, 0.3) is 0 Å². The molecule has 0 amide bonds. The summed E-state index contributed by atoms with van der Waals surface area (Å²) in [5.41, 5.74) is 1.95. The molecule has 0 atom stereocenters. The lowest BCUT2D eigenvalue weighted by Crippen LogP contribution is -1.85. The van der Waals surface area contributed by atoms with E-state index in [0.717, 1.165) is 15.9 Å². The SMILES string of the molecule is CNc1ccc2nc(C=C(C#N)C#N)sc2c1. The fourth-order valence-corrected chi connectivity index (χ4v) is 2.32. The zero-order chi connectivity index (χ0) is 12.3. The Bertz CT molecular complexity index is 654. The van der Waals surface area contributed by atoms with Gasteiger partial charge in [-0.2, -0.15) is 10.5 Å². The van der Waals surface area contributed by atoms with E-state index in [1.54, 1.807) is 0 Å². The van der Waals surface area contributed by atoms with Crippen LogP contribution in [0.15, 0.2) is 23.8 Å². The highest BCUT2D eigenvalue weighted by atomic mass is 32.1. The van der Waals surface area contributed by atoms with Gasteiger partial charge in [-0.05, 0) is 18.2 Å². The first kappa shape index (κ1) is 11.1. The number of nitrogens with zero attached hydrogens (tertiary/aromatic N) is 3. The lowest BCUT2D eigenvalue weighted by molar-refractivity contribution is 1.44. The molecule has 0 radical (unpaired) electrons. The fourth-order valence-electron chi connectivity index (χ4n) is 1.37. The van der Waals surface area contributed by atoms with Crippen LogP contribution in [0.4, 0.5) is 5.69 Å². The molecule has 17 heavy (non-hydrogen) atoms. The van der Waals surface area contributed by atoms with Crippen molar-refractivity contribution in [2.24, 2.45) is 0 Å². The van der Waals surface area contributed by atoms with Gasteiger partial charge < -0.3 is 5.32 Å². The summed E-state index contributed by atoms with van der Waals surface area (Å²) in [5.74, 6) is 0. The molecule has 0 aliphatic heterocycles. The monoisotopic (exact) mass is 240 g/mol. The van der Waals surface area contributed by atoms with E-state index in [1.807, 2.05) is 37.4 Å². The van der Waals surface area contributed by atoms with E-state index < -0.39 is 0 Å². The minimum absolute atomic E-state index is 0.0675. The molecule has 5 heteroatoms. The number of allylic oxidation sites excluding steroid dienone is 1. The van der Waals surface area contributed by atoms with E-state index in [0.29, 0.717) is 5.01 Å². The van der Waals surface area contributed by atoms with Gasteiger partial charge in [0, 0.05) is 18.8 Å². The van der Waals surface area contributed by atoms with Crippen LogP contribution in [0.2, 0.25) is 0 Å². The number of anilines is 1. The molecule has 0 saturated heterocycles. The first-order valence-electron chi connectivity index (χ1n) is 4.87. The van der Waals surface area contributed by atoms with E-state index in [1.165, 1.54) is 17.4 Å². The number of thiazole rings is 1. The number of nitriles is 2. The van der Waals surface area contributed by atoms with Crippen LogP contribution in [-0.4, -0.2) is 12.0 Å². The number of rotatable bonds is 2. The summed E-state index contributed by atoms with van der Waals surface area (Å²) < 4.78 is 1.03. The summed E-state index contributed by atoms with van der Waals surface area (Å²) in [6, 6.07) is 9.48. The zero-order valence-corrected chi connectivity index (χ0v) is 9.88. The predicted molar refractivity (Wildman–Crippen MR) is 68.4 cm³/mol. The molecule has 0 fully saturated rings. The first-order valence-corrected chi connectivity index (χ1v) is 5.68. The average molecular weight is 240 g/mol. The van der Waals surface area contributed by atoms with E-state index in [4.69, 9.17) is 10.5 Å². The van der Waals surface area contributed by atoms with Crippen LogP contribution in [0.1, 0.15) is 5.01 Å². The zero-order valence-electron chi connectivity index (χ0n) is 9.06. The second-order valence-electron chi connectivity index (χ2n) is 3.27. The molecule has 1 aromatic heterocycles. The largest absolute Gasteiger partial charge is 0.388 e. The van der Waals surface area contributed by atoms with Crippen LogP contribution in [0, 0.1) is 22.7 Å². The third-order valence-corrected chi connectivity index (χ3v) is 3.17. The second kappa shape index (κ2) is 4.65. The molecule has 0 aliphatic carbocycles. The molecule has 0 aliphatic rings. The van der Waals surface area contributed by atoms with E-state index in [-0.39, 0.29) is 5.57 Å². The quantitative estimate of drug-likeness (QED) is 0.819. The highest BCUT2D eigenvalue weighted by Gasteiger charge is 2.03. The molecular weight excluding hydrogens is 232 g/mol. The van der Waals surface area contributed by atoms with E-state index >= 15 is 0 Å². The maximum absolute atomic E-state index is 8.67. The van der Waals surface area contributed by atoms with Gasteiger partial charge in [0.05, 0.1) is 10.2 Å². The Kier molecular flexibility index (Phi) is 3.04. The molecule has 1 heterocycles. The van der Waals surface area contributed by atoms with Crippen molar-refractivity contribution in [3.8, 4) is 12.1 Å². The van der Waals surface area contributed by atoms with Crippen molar-refractivity contribution in [1.29, 1.82) is 10.5 Å². The van der Waals surface area contributed by atoms with E-state index in [9.17, 15) is 0 Å². The Hall–Kier alpha value is -2.37. The number of fused-ring (bicyclic) bond motifs is 1. The van der Waals surface area contributed by atoms with Crippen molar-refractivity contribution < 1.29 is 0 Å². The Morgan fingerprint density at radius 3 is 2.82 bits per heavy atom. The Morgan fingerprint density at radius 2 is 2.18 bits per heavy atom. The highest BCUT2D eigenvalue weighted by molar-refractivity contribution is 7.19. The molecule has 82 valence electrons. The topological polar surface area (TPSA) is 72.5 Å². The standard InChI is InChI=1S/C12H8N4S/c1-15-9-2-3-10-11(5-9)17-12(16-10)4-8(6-13)7-14/h2-5,15H,1H3. The number of nitrogens with one attached hydrogen (secondary N) is 1. The molecule has 4 nitrogen and oxygen atoms in total. The number of hydrogen-bond acceptors (Lipinski definition) is 5. The van der Waals surface area contributed by atoms with Crippen LogP contribution in [0.5, 0.6) is 0 Å². The fraction of sp³-hybridized carbons (Fsp3) is 0.0833. The van der Waals surface area contributed by atoms with Gasteiger partial charge >= 0.3 is 0 Å². The smallest absolute Gasteiger partial charge is 0.132 e. The van der Waals surface area contributed by atoms with Gasteiger partial charge in [0.15, 0.2) is 0 Å². The minimum atomic E-state index is 0.0675. The maximum atomic E-state index is 8.67. The molecule has 0 unspecified atom stereocenters. The van der Waals surface area contributed by atoms with Gasteiger partial charge in [-0.25, -0.2) is 4.98 Å². The van der Waals surface area contributed by atoms with Gasteiger partial charge in [0.2, 0.25) is 0 Å². The molecule has 0 spiro atoms. The van der Waals surface area contributed by atoms with Crippen molar-refractivity contribution in [3.63, 3.8) is 0 Å². The van der Waals surface area contributed by atoms with Crippen molar-refractivity contribution in [2.45, 2.75) is 0 Å². The Morgan fingerprint density at radius 1 is 1.41 bits per heavy atom. The third kappa shape index (κ3) is 2.25. The number of aromatic nitrogens is 1. The minimum Gasteiger partial charge on any atom is -0.388 e. The maximum Gasteiger partial charge on any atom is 0.132 e.